The van der Waals surface area contributed by atoms with Crippen LogP contribution in [0.3, 0.4) is 0 Å². The fraction of sp³-hybridized carbons (Fsp3) is 0.600. The highest BCUT2D eigenvalue weighted by molar-refractivity contribution is 5.98. The number of carbonyl (C=O) groups is 1. The minimum absolute atomic E-state index is 0.377. The van der Waals surface area contributed by atoms with Gasteiger partial charge in [-0.3, -0.25) is 0 Å². The second-order valence-corrected chi connectivity index (χ2v) is 3.50. The average Bonchev–Trinajstić information content (AvgIpc) is 2.15. The molecule has 1 heterocycles. The van der Waals surface area contributed by atoms with Gasteiger partial charge in [-0.25, -0.2) is 4.79 Å². The fourth-order valence-electron chi connectivity index (χ4n) is 1.29. The Labute approximate surface area is 84.2 Å². The number of hydrogen-bond acceptors (Lipinski definition) is 4. The number of oxime groups is 1. The molecule has 0 unspecified atom stereocenters. The van der Waals surface area contributed by atoms with E-state index in [1.807, 2.05) is 6.92 Å². The first-order valence-corrected chi connectivity index (χ1v) is 4.69. The van der Waals surface area contributed by atoms with Gasteiger partial charge in [-0.15, -0.1) is 0 Å². The van der Waals surface area contributed by atoms with E-state index in [1.54, 1.807) is 0 Å². The Morgan fingerprint density at radius 3 is 2.79 bits per heavy atom. The molecule has 0 atom stereocenters. The number of rotatable bonds is 2. The summed E-state index contributed by atoms with van der Waals surface area (Å²) in [5.41, 5.74) is 1.97. The Morgan fingerprint density at radius 1 is 1.57 bits per heavy atom. The third-order valence-corrected chi connectivity index (χ3v) is 2.19. The van der Waals surface area contributed by atoms with Crippen LogP contribution >= 0.6 is 0 Å². The van der Waals surface area contributed by atoms with E-state index in [0.29, 0.717) is 0 Å². The van der Waals surface area contributed by atoms with E-state index < -0.39 is 0 Å². The van der Waals surface area contributed by atoms with Gasteiger partial charge < -0.3 is 9.74 Å². The summed E-state index contributed by atoms with van der Waals surface area (Å²) in [6.45, 7) is 5.17. The van der Waals surface area contributed by atoms with Crippen molar-refractivity contribution in [1.82, 2.24) is 4.90 Å². The van der Waals surface area contributed by atoms with Gasteiger partial charge >= 0.3 is 5.97 Å². The summed E-state index contributed by atoms with van der Waals surface area (Å²) in [4.78, 5) is 17.3. The zero-order valence-electron chi connectivity index (χ0n) is 8.91. The van der Waals surface area contributed by atoms with Crippen molar-refractivity contribution in [1.29, 1.82) is 0 Å². The predicted molar refractivity (Wildman–Crippen MR) is 55.1 cm³/mol. The molecule has 0 spiro atoms. The standard InChI is InChI=1S/C10H16N2O2/c1-8(11-14-9(2)13)10-4-6-12(3)7-5-10/h4H,5-7H2,1-3H3. The minimum atomic E-state index is -0.377. The van der Waals surface area contributed by atoms with Gasteiger partial charge in [0.2, 0.25) is 0 Å². The minimum Gasteiger partial charge on any atom is -0.318 e. The maximum absolute atomic E-state index is 10.5. The molecule has 1 rings (SSSR count). The highest BCUT2D eigenvalue weighted by atomic mass is 16.7. The van der Waals surface area contributed by atoms with Gasteiger partial charge in [0.05, 0.1) is 5.71 Å². The summed E-state index contributed by atoms with van der Waals surface area (Å²) in [6.07, 6.45) is 3.08. The molecule has 4 heteroatoms. The molecule has 0 aromatic carbocycles. The molecular formula is C10H16N2O2. The molecule has 0 bridgehead atoms. The fourth-order valence-corrected chi connectivity index (χ4v) is 1.29. The molecule has 78 valence electrons. The van der Waals surface area contributed by atoms with Crippen LogP contribution in [0.25, 0.3) is 0 Å². The molecule has 4 nitrogen and oxygen atoms in total. The van der Waals surface area contributed by atoms with Crippen molar-refractivity contribution in [3.8, 4) is 0 Å². The molecular weight excluding hydrogens is 180 g/mol. The van der Waals surface area contributed by atoms with Gasteiger partial charge in [0.25, 0.3) is 0 Å². The smallest absolute Gasteiger partial charge is 0.318 e. The number of nitrogens with zero attached hydrogens (tertiary/aromatic N) is 2. The summed E-state index contributed by atoms with van der Waals surface area (Å²) in [7, 11) is 2.08. The number of carbonyl (C=O) groups excluding carboxylic acids is 1. The third kappa shape index (κ3) is 3.30. The van der Waals surface area contributed by atoms with Crippen molar-refractivity contribution >= 4 is 11.7 Å². The number of likely N-dealkylation sites (N-methyl/N-ethyl adjacent to an activating group) is 1. The normalized spacial score (nSPS) is 19.1. The largest absolute Gasteiger partial charge is 0.331 e. The predicted octanol–water partition coefficient (Wildman–Crippen LogP) is 1.19. The first-order valence-electron chi connectivity index (χ1n) is 4.69. The van der Waals surface area contributed by atoms with Crippen LogP contribution in [0.4, 0.5) is 0 Å². The van der Waals surface area contributed by atoms with Crippen LogP contribution in [-0.4, -0.2) is 36.7 Å². The Balaban J connectivity index is 2.56. The average molecular weight is 196 g/mol. The molecule has 0 aliphatic carbocycles. The van der Waals surface area contributed by atoms with Gasteiger partial charge in [-0.05, 0) is 26.0 Å². The summed E-state index contributed by atoms with van der Waals surface area (Å²) in [5, 5.41) is 3.75. The summed E-state index contributed by atoms with van der Waals surface area (Å²) in [5.74, 6) is -0.377. The molecule has 0 aromatic rings. The van der Waals surface area contributed by atoms with Crippen LogP contribution in [0.2, 0.25) is 0 Å². The first-order chi connectivity index (χ1) is 6.59. The van der Waals surface area contributed by atoms with Crippen LogP contribution < -0.4 is 0 Å². The van der Waals surface area contributed by atoms with E-state index in [2.05, 4.69) is 28.0 Å². The molecule has 0 fully saturated rings. The van der Waals surface area contributed by atoms with Crippen LogP contribution in [0.15, 0.2) is 16.8 Å². The van der Waals surface area contributed by atoms with Gasteiger partial charge in [-0.1, -0.05) is 11.2 Å². The van der Waals surface area contributed by atoms with E-state index in [0.717, 1.165) is 25.2 Å². The van der Waals surface area contributed by atoms with Crippen molar-refractivity contribution in [3.63, 3.8) is 0 Å². The lowest BCUT2D eigenvalue weighted by atomic mass is 10.0. The van der Waals surface area contributed by atoms with E-state index in [4.69, 9.17) is 0 Å². The highest BCUT2D eigenvalue weighted by Gasteiger charge is 2.10. The van der Waals surface area contributed by atoms with Gasteiger partial charge in [0.1, 0.15) is 0 Å². The van der Waals surface area contributed by atoms with Crippen molar-refractivity contribution in [2.24, 2.45) is 5.16 Å². The molecule has 14 heavy (non-hydrogen) atoms. The second-order valence-electron chi connectivity index (χ2n) is 3.50. The maximum atomic E-state index is 10.5. The van der Waals surface area contributed by atoms with Gasteiger partial charge in [0, 0.05) is 20.0 Å². The summed E-state index contributed by atoms with van der Waals surface area (Å²) in [6, 6.07) is 0. The number of hydrogen-bond donors (Lipinski definition) is 0. The lowest BCUT2D eigenvalue weighted by Gasteiger charge is -2.21. The molecule has 1 aliphatic rings. The van der Waals surface area contributed by atoms with Crippen molar-refractivity contribution < 1.29 is 9.63 Å². The Hall–Kier alpha value is -1.16. The van der Waals surface area contributed by atoms with Crippen LogP contribution in [0, 0.1) is 0 Å². The highest BCUT2D eigenvalue weighted by Crippen LogP contribution is 2.11. The zero-order chi connectivity index (χ0) is 10.6. The summed E-state index contributed by atoms with van der Waals surface area (Å²) >= 11 is 0. The Kier molecular flexibility index (Phi) is 3.83. The van der Waals surface area contributed by atoms with E-state index >= 15 is 0 Å². The first kappa shape index (κ1) is 10.9. The van der Waals surface area contributed by atoms with E-state index in [1.165, 1.54) is 12.5 Å². The Morgan fingerprint density at radius 2 is 2.29 bits per heavy atom. The maximum Gasteiger partial charge on any atom is 0.331 e. The molecule has 0 N–H and O–H groups in total. The molecule has 0 saturated heterocycles. The summed E-state index contributed by atoms with van der Waals surface area (Å²) < 4.78 is 0. The zero-order valence-corrected chi connectivity index (χ0v) is 8.91. The van der Waals surface area contributed by atoms with Gasteiger partial charge in [-0.2, -0.15) is 0 Å². The molecule has 0 radical (unpaired) electrons. The molecule has 0 amide bonds. The van der Waals surface area contributed by atoms with Crippen molar-refractivity contribution in [3.05, 3.63) is 11.6 Å². The third-order valence-electron chi connectivity index (χ3n) is 2.19. The Bertz CT molecular complexity index is 282. The van der Waals surface area contributed by atoms with E-state index in [9.17, 15) is 4.79 Å². The van der Waals surface area contributed by atoms with Crippen molar-refractivity contribution in [2.45, 2.75) is 20.3 Å². The lowest BCUT2D eigenvalue weighted by molar-refractivity contribution is -0.140. The van der Waals surface area contributed by atoms with Crippen LogP contribution in [0.1, 0.15) is 20.3 Å². The SMILES string of the molecule is CC(=O)ON=C(C)C1=CCN(C)CC1. The molecule has 1 aliphatic heterocycles. The van der Waals surface area contributed by atoms with Crippen LogP contribution in [0.5, 0.6) is 0 Å². The van der Waals surface area contributed by atoms with E-state index in [-0.39, 0.29) is 5.97 Å². The molecule has 0 saturated carbocycles. The quantitative estimate of drug-likeness (QED) is 0.378. The van der Waals surface area contributed by atoms with Gasteiger partial charge in [0.15, 0.2) is 0 Å². The van der Waals surface area contributed by atoms with Crippen molar-refractivity contribution in [2.75, 3.05) is 20.1 Å². The monoisotopic (exact) mass is 196 g/mol. The van der Waals surface area contributed by atoms with Crippen LogP contribution in [-0.2, 0) is 9.63 Å². The molecule has 0 aromatic heterocycles. The second kappa shape index (κ2) is 4.91. The topological polar surface area (TPSA) is 41.9 Å². The lowest BCUT2D eigenvalue weighted by Crippen LogP contribution is -2.25.